The van der Waals surface area contributed by atoms with Crippen LogP contribution in [-0.4, -0.2) is 16.7 Å². The summed E-state index contributed by atoms with van der Waals surface area (Å²) in [4.78, 5) is 17.3. The quantitative estimate of drug-likeness (QED) is 0.794. The number of thioether (sulfide) groups is 1. The molecule has 0 saturated heterocycles. The molecule has 0 aliphatic carbocycles. The van der Waals surface area contributed by atoms with Crippen LogP contribution in [-0.2, 0) is 6.42 Å². The molecule has 0 atom stereocenters. The number of rotatable bonds is 1. The average molecular weight is 273 g/mol. The maximum absolute atomic E-state index is 12.1. The summed E-state index contributed by atoms with van der Waals surface area (Å²) < 4.78 is 0. The van der Waals surface area contributed by atoms with E-state index in [1.807, 2.05) is 35.7 Å². The first-order valence-electron chi connectivity index (χ1n) is 5.73. The van der Waals surface area contributed by atoms with Crippen molar-refractivity contribution in [2.24, 2.45) is 4.99 Å². The van der Waals surface area contributed by atoms with Crippen molar-refractivity contribution in [2.45, 2.75) is 6.42 Å². The van der Waals surface area contributed by atoms with Crippen molar-refractivity contribution in [3.8, 4) is 0 Å². The fourth-order valence-corrected chi connectivity index (χ4v) is 3.57. The van der Waals surface area contributed by atoms with Crippen molar-refractivity contribution < 1.29 is 4.79 Å². The molecule has 0 bridgehead atoms. The van der Waals surface area contributed by atoms with Gasteiger partial charge in [-0.15, -0.1) is 11.3 Å². The van der Waals surface area contributed by atoms with Crippen LogP contribution >= 0.6 is 23.1 Å². The van der Waals surface area contributed by atoms with E-state index < -0.39 is 0 Å². The molecule has 0 fully saturated rings. The molecule has 0 saturated carbocycles. The van der Waals surface area contributed by atoms with Crippen LogP contribution in [0.15, 0.2) is 46.8 Å². The summed E-state index contributed by atoms with van der Waals surface area (Å²) in [6.45, 7) is 0.775. The highest BCUT2D eigenvalue weighted by Gasteiger charge is 2.18. The second-order valence-corrected chi connectivity index (χ2v) is 5.87. The van der Waals surface area contributed by atoms with E-state index in [1.54, 1.807) is 0 Å². The highest BCUT2D eigenvalue weighted by atomic mass is 32.2. The van der Waals surface area contributed by atoms with Crippen molar-refractivity contribution in [3.05, 3.63) is 57.8 Å². The van der Waals surface area contributed by atoms with Gasteiger partial charge in [0.15, 0.2) is 0 Å². The second-order valence-electron chi connectivity index (χ2n) is 3.96. The van der Waals surface area contributed by atoms with Gasteiger partial charge in [-0.2, -0.15) is 0 Å². The summed E-state index contributed by atoms with van der Waals surface area (Å²) in [5, 5.41) is 2.86. The first kappa shape index (κ1) is 11.7. The SMILES string of the molecule is O=C(SC1=NCCc2ccccc21)c1cccs1. The number of benzene rings is 1. The monoisotopic (exact) mass is 273 g/mol. The topological polar surface area (TPSA) is 29.4 Å². The molecule has 1 aromatic carbocycles. The van der Waals surface area contributed by atoms with Gasteiger partial charge < -0.3 is 0 Å². The maximum atomic E-state index is 12.1. The third-order valence-electron chi connectivity index (χ3n) is 2.80. The minimum atomic E-state index is 0.0838. The van der Waals surface area contributed by atoms with Gasteiger partial charge in [0.25, 0.3) is 0 Å². The molecule has 3 rings (SSSR count). The Balaban J connectivity index is 1.86. The minimum absolute atomic E-state index is 0.0838. The van der Waals surface area contributed by atoms with Crippen LogP contribution in [0.25, 0.3) is 0 Å². The third-order valence-corrected chi connectivity index (χ3v) is 4.74. The predicted octanol–water partition coefficient (Wildman–Crippen LogP) is 3.62. The lowest BCUT2D eigenvalue weighted by Crippen LogP contribution is -2.11. The zero-order valence-electron chi connectivity index (χ0n) is 9.63. The lowest BCUT2D eigenvalue weighted by Gasteiger charge is -2.15. The number of hydrogen-bond donors (Lipinski definition) is 0. The Kier molecular flexibility index (Phi) is 3.30. The van der Waals surface area contributed by atoms with Gasteiger partial charge in [0, 0.05) is 12.1 Å². The number of hydrogen-bond acceptors (Lipinski definition) is 4. The van der Waals surface area contributed by atoms with Gasteiger partial charge in [-0.1, -0.05) is 30.3 Å². The smallest absolute Gasteiger partial charge is 0.235 e. The second kappa shape index (κ2) is 5.08. The number of nitrogens with zero attached hydrogens (tertiary/aromatic N) is 1. The first-order chi connectivity index (χ1) is 8.84. The summed E-state index contributed by atoms with van der Waals surface area (Å²) in [5.41, 5.74) is 2.40. The van der Waals surface area contributed by atoms with Crippen molar-refractivity contribution >= 4 is 33.3 Å². The molecular weight excluding hydrogens is 262 g/mol. The summed E-state index contributed by atoms with van der Waals surface area (Å²) in [6.07, 6.45) is 0.966. The van der Waals surface area contributed by atoms with E-state index in [2.05, 4.69) is 11.1 Å². The molecule has 1 aromatic heterocycles. The molecule has 0 radical (unpaired) electrons. The molecule has 1 aliphatic heterocycles. The molecule has 0 N–H and O–H groups in total. The summed E-state index contributed by atoms with van der Waals surface area (Å²) in [5.74, 6) is 0. The molecule has 90 valence electrons. The van der Waals surface area contributed by atoms with E-state index >= 15 is 0 Å². The number of carbonyl (C=O) groups is 1. The molecule has 18 heavy (non-hydrogen) atoms. The zero-order valence-corrected chi connectivity index (χ0v) is 11.3. The van der Waals surface area contributed by atoms with Crippen LogP contribution in [0.3, 0.4) is 0 Å². The van der Waals surface area contributed by atoms with Gasteiger partial charge >= 0.3 is 0 Å². The fourth-order valence-electron chi connectivity index (χ4n) is 1.93. The Hall–Kier alpha value is -1.39. The van der Waals surface area contributed by atoms with E-state index in [0.29, 0.717) is 0 Å². The molecule has 2 nitrogen and oxygen atoms in total. The zero-order chi connectivity index (χ0) is 12.4. The van der Waals surface area contributed by atoms with Gasteiger partial charge in [-0.25, -0.2) is 0 Å². The number of thiophene rings is 1. The van der Waals surface area contributed by atoms with Crippen molar-refractivity contribution in [3.63, 3.8) is 0 Å². The molecule has 0 spiro atoms. The average Bonchev–Trinajstić information content (AvgIpc) is 2.93. The van der Waals surface area contributed by atoms with Gasteiger partial charge in [-0.05, 0) is 35.2 Å². The predicted molar refractivity (Wildman–Crippen MR) is 77.8 cm³/mol. The van der Waals surface area contributed by atoms with Crippen LogP contribution in [0, 0.1) is 0 Å². The third kappa shape index (κ3) is 2.26. The summed E-state index contributed by atoms with van der Waals surface area (Å²) in [6, 6.07) is 11.9. The summed E-state index contributed by atoms with van der Waals surface area (Å²) >= 11 is 2.72. The van der Waals surface area contributed by atoms with Gasteiger partial charge in [0.05, 0.1) is 4.88 Å². The van der Waals surface area contributed by atoms with Crippen LogP contribution in [0.5, 0.6) is 0 Å². The Labute approximate surface area is 114 Å². The van der Waals surface area contributed by atoms with E-state index in [1.165, 1.54) is 28.7 Å². The van der Waals surface area contributed by atoms with Crippen LogP contribution in [0.1, 0.15) is 20.8 Å². The Morgan fingerprint density at radius 1 is 1.22 bits per heavy atom. The standard InChI is InChI=1S/C14H11NOS2/c16-14(12-6-3-9-17-12)18-13-11-5-2-1-4-10(11)7-8-15-13/h1-6,9H,7-8H2. The molecule has 2 aromatic rings. The molecule has 0 amide bonds. The van der Waals surface area contributed by atoms with Crippen molar-refractivity contribution in [2.75, 3.05) is 6.54 Å². The van der Waals surface area contributed by atoms with Gasteiger partial charge in [0.1, 0.15) is 5.04 Å². The summed E-state index contributed by atoms with van der Waals surface area (Å²) in [7, 11) is 0. The largest absolute Gasteiger partial charge is 0.280 e. The van der Waals surface area contributed by atoms with Crippen LogP contribution in [0.2, 0.25) is 0 Å². The van der Waals surface area contributed by atoms with E-state index in [9.17, 15) is 4.79 Å². The van der Waals surface area contributed by atoms with Crippen LogP contribution in [0.4, 0.5) is 0 Å². The molecular formula is C14H11NOS2. The van der Waals surface area contributed by atoms with E-state index in [4.69, 9.17) is 0 Å². The Morgan fingerprint density at radius 3 is 2.94 bits per heavy atom. The number of fused-ring (bicyclic) bond motifs is 1. The number of aliphatic imine (C=N–C) groups is 1. The molecule has 0 unspecified atom stereocenters. The fraction of sp³-hybridized carbons (Fsp3) is 0.143. The lowest BCUT2D eigenvalue weighted by molar-refractivity contribution is 0.109. The highest BCUT2D eigenvalue weighted by molar-refractivity contribution is 8.27. The Bertz CT molecular complexity index is 602. The van der Waals surface area contributed by atoms with Crippen LogP contribution < -0.4 is 0 Å². The van der Waals surface area contributed by atoms with Gasteiger partial charge in [-0.3, -0.25) is 9.79 Å². The molecule has 2 heterocycles. The minimum Gasteiger partial charge on any atom is -0.280 e. The molecule has 4 heteroatoms. The van der Waals surface area contributed by atoms with Crippen molar-refractivity contribution in [1.82, 2.24) is 0 Å². The molecule has 1 aliphatic rings. The first-order valence-corrected chi connectivity index (χ1v) is 7.42. The van der Waals surface area contributed by atoms with Gasteiger partial charge in [0.2, 0.25) is 5.12 Å². The maximum Gasteiger partial charge on any atom is 0.235 e. The van der Waals surface area contributed by atoms with E-state index in [0.717, 1.165) is 28.4 Å². The van der Waals surface area contributed by atoms with E-state index in [-0.39, 0.29) is 5.12 Å². The highest BCUT2D eigenvalue weighted by Crippen LogP contribution is 2.26. The Morgan fingerprint density at radius 2 is 2.11 bits per heavy atom. The lowest BCUT2D eigenvalue weighted by atomic mass is 10.0. The van der Waals surface area contributed by atoms with Crippen molar-refractivity contribution in [1.29, 1.82) is 0 Å². The normalized spacial score (nSPS) is 13.9. The number of carbonyl (C=O) groups excluding carboxylic acids is 1.